The molecular weight excluding hydrogens is 843 g/mol. The predicted molar refractivity (Wildman–Crippen MR) is 221 cm³/mol. The molecule has 21 heteroatoms. The van der Waals surface area contributed by atoms with Gasteiger partial charge >= 0.3 is 29.8 Å². The molecule has 0 bridgehead atoms. The van der Waals surface area contributed by atoms with Crippen molar-refractivity contribution in [2.24, 2.45) is 7.05 Å². The topological polar surface area (TPSA) is 225 Å². The minimum atomic E-state index is -2.06. The van der Waals surface area contributed by atoms with Gasteiger partial charge in [-0.3, -0.25) is 33.8 Å². The average molecular weight is 884 g/mol. The Morgan fingerprint density at radius 2 is 1.58 bits per heavy atom. The van der Waals surface area contributed by atoms with Gasteiger partial charge in [-0.15, -0.1) is 16.9 Å². The maximum Gasteiger partial charge on any atom is 0.356 e. The Kier molecular flexibility index (Phi) is 13.0. The van der Waals surface area contributed by atoms with Crippen molar-refractivity contribution in [2.75, 3.05) is 38.2 Å². The number of esters is 2. The first-order chi connectivity index (χ1) is 29.9. The smallest absolute Gasteiger partial charge is 0.356 e. The second kappa shape index (κ2) is 18.6. The monoisotopic (exact) mass is 883 g/mol. The number of rotatable bonds is 14. The number of aromatic nitrogens is 4. The highest BCUT2D eigenvalue weighted by atomic mass is 32.2. The quantitative estimate of drug-likeness (QED) is 0.0463. The number of fused-ring (bicyclic) bond motifs is 1. The number of ether oxygens (including phenoxy) is 3. The van der Waals surface area contributed by atoms with Crippen LogP contribution >= 0.6 is 23.5 Å². The number of imide groups is 1. The minimum Gasteiger partial charge on any atom is -0.448 e. The molecular formula is C41H41N9O10S2. The number of urea groups is 1. The predicted octanol–water partition coefficient (Wildman–Crippen LogP) is 2.33. The summed E-state index contributed by atoms with van der Waals surface area (Å²) >= 11 is 2.48. The van der Waals surface area contributed by atoms with Gasteiger partial charge in [0.25, 0.3) is 11.6 Å². The molecule has 7 rings (SSSR count). The zero-order chi connectivity index (χ0) is 44.1. The number of β-lactam (4-membered cyclic amide) rings is 1. The number of carbonyl (C=O) groups is 7. The summed E-state index contributed by atoms with van der Waals surface area (Å²) in [4.78, 5) is 97.9. The second-order valence-corrected chi connectivity index (χ2v) is 16.1. The van der Waals surface area contributed by atoms with E-state index < -0.39 is 64.8 Å². The number of hydrogen-bond donors (Lipinski definition) is 2. The van der Waals surface area contributed by atoms with Gasteiger partial charge < -0.3 is 29.7 Å². The van der Waals surface area contributed by atoms with Crippen LogP contribution in [0, 0.1) is 0 Å². The number of methoxy groups -OCH3 is 1. The number of likely N-dealkylation sites (N-methyl/N-ethyl adjacent to an activating group) is 1. The van der Waals surface area contributed by atoms with E-state index in [1.165, 1.54) is 76.3 Å². The fourth-order valence-corrected chi connectivity index (χ4v) is 9.53. The Bertz CT molecular complexity index is 2380. The van der Waals surface area contributed by atoms with Crippen molar-refractivity contribution in [1.29, 1.82) is 0 Å². The molecule has 2 fully saturated rings. The number of amides is 6. The van der Waals surface area contributed by atoms with Crippen LogP contribution in [0.3, 0.4) is 0 Å². The van der Waals surface area contributed by atoms with Crippen LogP contribution in [0.5, 0.6) is 5.75 Å². The minimum absolute atomic E-state index is 0.0412. The van der Waals surface area contributed by atoms with E-state index in [0.29, 0.717) is 26.8 Å². The van der Waals surface area contributed by atoms with E-state index in [9.17, 15) is 33.6 Å². The van der Waals surface area contributed by atoms with E-state index in [1.54, 1.807) is 14.0 Å². The third-order valence-corrected chi connectivity index (χ3v) is 12.7. The first-order valence-corrected chi connectivity index (χ1v) is 21.3. The zero-order valence-electron chi connectivity index (χ0n) is 33.9. The lowest BCUT2D eigenvalue weighted by Gasteiger charge is -2.56. The van der Waals surface area contributed by atoms with E-state index in [4.69, 9.17) is 14.2 Å². The van der Waals surface area contributed by atoms with Gasteiger partial charge in [-0.25, -0.2) is 14.3 Å². The molecule has 4 heterocycles. The van der Waals surface area contributed by atoms with Crippen LogP contribution in [0.1, 0.15) is 42.7 Å². The molecule has 0 aliphatic carbocycles. The van der Waals surface area contributed by atoms with Crippen LogP contribution in [0.4, 0.5) is 4.79 Å². The summed E-state index contributed by atoms with van der Waals surface area (Å²) in [6.45, 7) is 3.13. The fourth-order valence-electron chi connectivity index (χ4n) is 7.11. The Labute approximate surface area is 363 Å². The van der Waals surface area contributed by atoms with Crippen molar-refractivity contribution in [3.63, 3.8) is 0 Å². The molecule has 0 saturated carbocycles. The van der Waals surface area contributed by atoms with Crippen molar-refractivity contribution in [3.8, 4) is 5.75 Å². The van der Waals surface area contributed by atoms with Crippen molar-refractivity contribution < 1.29 is 47.8 Å². The van der Waals surface area contributed by atoms with Crippen LogP contribution in [0.25, 0.3) is 0 Å². The lowest BCUT2D eigenvalue weighted by Crippen LogP contribution is -2.81. The highest BCUT2D eigenvalue weighted by Gasteiger charge is 2.67. The maximum atomic E-state index is 14.6. The molecule has 6 amide bonds. The van der Waals surface area contributed by atoms with Gasteiger partial charge in [-0.2, -0.15) is 0 Å². The number of aryl methyl sites for hydroxylation is 1. The number of thioether (sulfide) groups is 2. The fraction of sp³-hybridized carbons (Fsp3) is 0.317. The molecule has 3 aliphatic heterocycles. The van der Waals surface area contributed by atoms with Crippen molar-refractivity contribution in [1.82, 2.24) is 45.5 Å². The SMILES string of the molecule is CCN1CCN(C(=O)NC(C(=O)N[C@]2(OC)C(=O)N3C(C(=O)OC(c4ccccc4)c4ccccc4)=C(CSc4nnnn4C)CS[C@H]32)c2ccc(OC(C)=O)cc2)C(=O)C1=O. The van der Waals surface area contributed by atoms with Gasteiger partial charge in [0.2, 0.25) is 11.1 Å². The maximum absolute atomic E-state index is 14.6. The third-order valence-electron chi connectivity index (χ3n) is 10.3. The second-order valence-electron chi connectivity index (χ2n) is 14.1. The summed E-state index contributed by atoms with van der Waals surface area (Å²) in [6, 6.07) is 21.3. The molecule has 3 atom stereocenters. The molecule has 0 spiro atoms. The first kappa shape index (κ1) is 43.5. The van der Waals surface area contributed by atoms with Gasteiger partial charge in [-0.1, -0.05) is 84.6 Å². The van der Waals surface area contributed by atoms with Crippen molar-refractivity contribution in [3.05, 3.63) is 113 Å². The standard InChI is InChI=1S/C41H41N9O10S2/c1-5-48-20-21-49(35(54)34(48)53)39(57)42-30(25-16-18-29(19-17-25)59-24(2)51)33(52)43-41(58-4)37(56)50-31(28(22-61-38(41)50)23-62-40-44-45-46-47(40)3)36(55)60-32(26-12-8-6-9-13-26)27-14-10-7-11-15-27/h6-19,30,32,38H,5,20-23H2,1-4H3,(H,42,57)(H,43,52)/t30?,38-,41-/m0/s1. The van der Waals surface area contributed by atoms with Crippen LogP contribution in [0.2, 0.25) is 0 Å². The molecule has 2 N–H and O–H groups in total. The molecule has 2 saturated heterocycles. The highest BCUT2D eigenvalue weighted by Crippen LogP contribution is 2.48. The number of benzene rings is 3. The Hall–Kier alpha value is -6.58. The summed E-state index contributed by atoms with van der Waals surface area (Å²) < 4.78 is 18.7. The van der Waals surface area contributed by atoms with E-state index >= 15 is 0 Å². The number of nitrogens with one attached hydrogen (secondary N) is 2. The normalized spacial score (nSPS) is 19.1. The Morgan fingerprint density at radius 1 is 0.919 bits per heavy atom. The molecule has 3 aromatic carbocycles. The van der Waals surface area contributed by atoms with E-state index in [-0.39, 0.29) is 48.1 Å². The van der Waals surface area contributed by atoms with Crippen molar-refractivity contribution >= 4 is 65.1 Å². The lowest BCUT2D eigenvalue weighted by atomic mass is 9.96. The van der Waals surface area contributed by atoms with Crippen LogP contribution in [-0.4, -0.2) is 126 Å². The number of tetrazole rings is 1. The van der Waals surface area contributed by atoms with Crippen LogP contribution < -0.4 is 15.4 Å². The summed E-state index contributed by atoms with van der Waals surface area (Å²) in [5.74, 6) is -4.54. The molecule has 3 aliphatic rings. The van der Waals surface area contributed by atoms with E-state index in [0.717, 1.165) is 0 Å². The molecule has 322 valence electrons. The Balaban J connectivity index is 1.19. The summed E-state index contributed by atoms with van der Waals surface area (Å²) in [6.07, 6.45) is -0.853. The lowest BCUT2D eigenvalue weighted by molar-refractivity contribution is -0.193. The van der Waals surface area contributed by atoms with Gasteiger partial charge in [-0.05, 0) is 51.7 Å². The highest BCUT2D eigenvalue weighted by molar-refractivity contribution is 8.01. The van der Waals surface area contributed by atoms with E-state index in [2.05, 4.69) is 26.2 Å². The average Bonchev–Trinajstić information content (AvgIpc) is 3.70. The number of carbonyl (C=O) groups excluding carboxylic acids is 7. The molecule has 62 heavy (non-hydrogen) atoms. The molecule has 1 unspecified atom stereocenters. The molecule has 19 nitrogen and oxygen atoms in total. The van der Waals surface area contributed by atoms with Crippen molar-refractivity contribution in [2.45, 2.75) is 42.2 Å². The largest absolute Gasteiger partial charge is 0.448 e. The third kappa shape index (κ3) is 8.63. The summed E-state index contributed by atoms with van der Waals surface area (Å²) in [5.41, 5.74) is -0.0167. The van der Waals surface area contributed by atoms with Gasteiger partial charge in [0.1, 0.15) is 22.9 Å². The van der Waals surface area contributed by atoms with Crippen LogP contribution in [0.15, 0.2) is 101 Å². The number of nitrogens with zero attached hydrogens (tertiary/aromatic N) is 7. The van der Waals surface area contributed by atoms with Gasteiger partial charge in [0.05, 0.1) is 0 Å². The summed E-state index contributed by atoms with van der Waals surface area (Å²) in [5, 5.41) is 16.3. The molecule has 4 aromatic rings. The first-order valence-electron chi connectivity index (χ1n) is 19.3. The van der Waals surface area contributed by atoms with Gasteiger partial charge in [0.15, 0.2) is 6.10 Å². The van der Waals surface area contributed by atoms with Crippen LogP contribution in [-0.2, 0) is 45.3 Å². The molecule has 0 radical (unpaired) electrons. The molecule has 1 aromatic heterocycles. The number of piperazine rings is 1. The van der Waals surface area contributed by atoms with E-state index in [1.807, 2.05) is 60.7 Å². The Morgan fingerprint density at radius 3 is 2.16 bits per heavy atom. The summed E-state index contributed by atoms with van der Waals surface area (Å²) in [7, 11) is 2.90. The zero-order valence-corrected chi connectivity index (χ0v) is 35.5. The van der Waals surface area contributed by atoms with Gasteiger partial charge in [0, 0.05) is 52.2 Å². The number of hydrogen-bond acceptors (Lipinski definition) is 15.